The minimum atomic E-state index is -4.75. The molecule has 0 unspecified atom stereocenters. The van der Waals surface area contributed by atoms with Gasteiger partial charge in [-0.1, -0.05) is 187 Å². The number of phosphoric acid groups is 1. The second-order valence-corrected chi connectivity index (χ2v) is 15.9. The standard InChI is InChI=1S/C42H81O8P/c1-3-5-7-9-11-13-15-17-19-20-21-23-25-27-29-31-33-35-37-42(44)50-40(39-49-51(45,46)47)38-48-41(43)36-34-32-30-28-26-24-22-18-16-14-12-10-8-6-4-2/h26,28,40H,3-25,27,29-39H2,1-2H3,(H2,45,46,47)/b28-26+/t40-/m1/s1. The summed E-state index contributed by atoms with van der Waals surface area (Å²) < 4.78 is 26.4. The van der Waals surface area contributed by atoms with Gasteiger partial charge < -0.3 is 19.3 Å². The molecule has 8 nitrogen and oxygen atoms in total. The molecular weight excluding hydrogens is 663 g/mol. The van der Waals surface area contributed by atoms with Gasteiger partial charge in [-0.15, -0.1) is 0 Å². The summed E-state index contributed by atoms with van der Waals surface area (Å²) >= 11 is 0. The first-order valence-electron chi connectivity index (χ1n) is 21.5. The highest BCUT2D eigenvalue weighted by atomic mass is 31.2. The van der Waals surface area contributed by atoms with E-state index in [-0.39, 0.29) is 19.4 Å². The van der Waals surface area contributed by atoms with Gasteiger partial charge in [0.1, 0.15) is 6.61 Å². The Morgan fingerprint density at radius 1 is 0.490 bits per heavy atom. The van der Waals surface area contributed by atoms with Gasteiger partial charge in [0, 0.05) is 12.8 Å². The Morgan fingerprint density at radius 3 is 1.24 bits per heavy atom. The third kappa shape index (κ3) is 41.4. The van der Waals surface area contributed by atoms with E-state index in [1.807, 2.05) is 0 Å². The van der Waals surface area contributed by atoms with Crippen LogP contribution in [-0.4, -0.2) is 41.0 Å². The second-order valence-electron chi connectivity index (χ2n) is 14.7. The van der Waals surface area contributed by atoms with Crippen molar-refractivity contribution in [2.24, 2.45) is 0 Å². The summed E-state index contributed by atoms with van der Waals surface area (Å²) in [5.41, 5.74) is 0. The number of allylic oxidation sites excluding steroid dienone is 2. The number of phosphoric ester groups is 1. The fraction of sp³-hybridized carbons (Fsp3) is 0.905. The molecule has 0 fully saturated rings. The molecule has 0 rings (SSSR count). The number of carbonyl (C=O) groups excluding carboxylic acids is 2. The molecule has 0 aliphatic rings. The highest BCUT2D eigenvalue weighted by Gasteiger charge is 2.22. The van der Waals surface area contributed by atoms with Gasteiger partial charge in [0.25, 0.3) is 0 Å². The van der Waals surface area contributed by atoms with E-state index in [2.05, 4.69) is 30.5 Å². The van der Waals surface area contributed by atoms with Gasteiger partial charge in [0.15, 0.2) is 6.10 Å². The molecule has 0 spiro atoms. The Morgan fingerprint density at radius 2 is 0.824 bits per heavy atom. The number of esters is 2. The van der Waals surface area contributed by atoms with Crippen LogP contribution in [0.3, 0.4) is 0 Å². The highest BCUT2D eigenvalue weighted by Crippen LogP contribution is 2.36. The van der Waals surface area contributed by atoms with Crippen molar-refractivity contribution in [2.45, 2.75) is 232 Å². The smallest absolute Gasteiger partial charge is 0.462 e. The average molecular weight is 745 g/mol. The lowest BCUT2D eigenvalue weighted by Crippen LogP contribution is -2.29. The van der Waals surface area contributed by atoms with Crippen LogP contribution in [0.2, 0.25) is 0 Å². The van der Waals surface area contributed by atoms with E-state index >= 15 is 0 Å². The van der Waals surface area contributed by atoms with Gasteiger partial charge >= 0.3 is 19.8 Å². The molecule has 0 bridgehead atoms. The first-order chi connectivity index (χ1) is 24.8. The van der Waals surface area contributed by atoms with E-state index in [0.717, 1.165) is 38.5 Å². The van der Waals surface area contributed by atoms with Gasteiger partial charge in [-0.05, 0) is 38.5 Å². The summed E-state index contributed by atoms with van der Waals surface area (Å²) in [5.74, 6) is -0.898. The molecule has 302 valence electrons. The summed E-state index contributed by atoms with van der Waals surface area (Å²) in [6.45, 7) is 3.69. The van der Waals surface area contributed by atoms with Crippen LogP contribution in [0.4, 0.5) is 0 Å². The summed E-state index contributed by atoms with van der Waals surface area (Å²) in [4.78, 5) is 42.8. The molecule has 1 atom stereocenters. The number of hydrogen-bond donors (Lipinski definition) is 2. The molecule has 2 N–H and O–H groups in total. The zero-order valence-electron chi connectivity index (χ0n) is 33.3. The molecule has 0 aliphatic carbocycles. The van der Waals surface area contributed by atoms with E-state index in [4.69, 9.17) is 19.3 Å². The van der Waals surface area contributed by atoms with Crippen LogP contribution >= 0.6 is 7.82 Å². The minimum absolute atomic E-state index is 0.214. The number of hydrogen-bond acceptors (Lipinski definition) is 6. The van der Waals surface area contributed by atoms with Crippen molar-refractivity contribution in [2.75, 3.05) is 13.2 Å². The van der Waals surface area contributed by atoms with Crippen LogP contribution in [0.5, 0.6) is 0 Å². The molecule has 0 aromatic carbocycles. The lowest BCUT2D eigenvalue weighted by atomic mass is 10.0. The first kappa shape index (κ1) is 49.8. The van der Waals surface area contributed by atoms with Crippen LogP contribution in [0.1, 0.15) is 226 Å². The first-order valence-corrected chi connectivity index (χ1v) is 23.0. The molecule has 0 amide bonds. The third-order valence-corrected chi connectivity index (χ3v) is 10.0. The quantitative estimate of drug-likeness (QED) is 0.0275. The summed E-state index contributed by atoms with van der Waals surface area (Å²) in [7, 11) is -4.75. The minimum Gasteiger partial charge on any atom is -0.462 e. The van der Waals surface area contributed by atoms with Crippen molar-refractivity contribution in [1.29, 1.82) is 0 Å². The fourth-order valence-electron chi connectivity index (χ4n) is 6.31. The molecule has 0 saturated carbocycles. The normalized spacial score (nSPS) is 12.5. The van der Waals surface area contributed by atoms with Gasteiger partial charge in [-0.25, -0.2) is 4.57 Å². The molecule has 51 heavy (non-hydrogen) atoms. The molecule has 0 aromatic rings. The maximum absolute atomic E-state index is 12.4. The predicted molar refractivity (Wildman–Crippen MR) is 212 cm³/mol. The van der Waals surface area contributed by atoms with Gasteiger partial charge in [0.2, 0.25) is 0 Å². The van der Waals surface area contributed by atoms with Crippen molar-refractivity contribution in [1.82, 2.24) is 0 Å². The van der Waals surface area contributed by atoms with E-state index < -0.39 is 32.5 Å². The lowest BCUT2D eigenvalue weighted by molar-refractivity contribution is -0.161. The molecule has 0 saturated heterocycles. The van der Waals surface area contributed by atoms with Crippen LogP contribution in [0.15, 0.2) is 12.2 Å². The average Bonchev–Trinajstić information content (AvgIpc) is 3.10. The van der Waals surface area contributed by atoms with E-state index in [0.29, 0.717) is 12.8 Å². The summed E-state index contributed by atoms with van der Waals surface area (Å²) in [5, 5.41) is 0. The lowest BCUT2D eigenvalue weighted by Gasteiger charge is -2.18. The van der Waals surface area contributed by atoms with Crippen LogP contribution < -0.4 is 0 Å². The third-order valence-electron chi connectivity index (χ3n) is 9.53. The Kier molecular flexibility index (Phi) is 37.6. The van der Waals surface area contributed by atoms with E-state index in [1.54, 1.807) is 0 Å². The molecular formula is C42H81O8P. The Balaban J connectivity index is 3.89. The predicted octanol–water partition coefficient (Wildman–Crippen LogP) is 13.0. The van der Waals surface area contributed by atoms with Crippen molar-refractivity contribution in [3.8, 4) is 0 Å². The van der Waals surface area contributed by atoms with Crippen molar-refractivity contribution in [3.05, 3.63) is 12.2 Å². The van der Waals surface area contributed by atoms with Crippen molar-refractivity contribution in [3.63, 3.8) is 0 Å². The maximum atomic E-state index is 12.4. The Bertz CT molecular complexity index is 843. The van der Waals surface area contributed by atoms with Gasteiger partial charge in [-0.2, -0.15) is 0 Å². The summed E-state index contributed by atoms with van der Waals surface area (Å²) in [6.07, 6.45) is 42.2. The summed E-state index contributed by atoms with van der Waals surface area (Å²) in [6, 6.07) is 0. The number of rotatable bonds is 40. The van der Waals surface area contributed by atoms with Gasteiger partial charge in [-0.3, -0.25) is 14.1 Å². The number of carbonyl (C=O) groups is 2. The topological polar surface area (TPSA) is 119 Å². The maximum Gasteiger partial charge on any atom is 0.469 e. The number of unbranched alkanes of at least 4 members (excludes halogenated alkanes) is 28. The Hall–Kier alpha value is -1.21. The Labute approximate surface area is 314 Å². The van der Waals surface area contributed by atoms with Crippen LogP contribution in [0, 0.1) is 0 Å². The molecule has 0 aliphatic heterocycles. The van der Waals surface area contributed by atoms with Gasteiger partial charge in [0.05, 0.1) is 6.61 Å². The van der Waals surface area contributed by atoms with Crippen molar-refractivity contribution >= 4 is 19.8 Å². The molecule has 0 heterocycles. The largest absolute Gasteiger partial charge is 0.469 e. The zero-order valence-corrected chi connectivity index (χ0v) is 34.2. The number of ether oxygens (including phenoxy) is 2. The van der Waals surface area contributed by atoms with Crippen LogP contribution in [0.25, 0.3) is 0 Å². The second kappa shape index (κ2) is 38.5. The fourth-order valence-corrected chi connectivity index (χ4v) is 6.67. The van der Waals surface area contributed by atoms with E-state index in [1.165, 1.54) is 148 Å². The molecule has 0 aromatic heterocycles. The van der Waals surface area contributed by atoms with E-state index in [9.17, 15) is 14.2 Å². The highest BCUT2D eigenvalue weighted by molar-refractivity contribution is 7.46. The SMILES string of the molecule is CCCCCCCCCCC/C=C/CCCCC(=O)OC[C@H](COP(=O)(O)O)OC(=O)CCCCCCCCCCCCCCCCCCCC. The molecule has 0 radical (unpaired) electrons. The zero-order chi connectivity index (χ0) is 37.5. The monoisotopic (exact) mass is 745 g/mol. The van der Waals surface area contributed by atoms with Crippen LogP contribution in [-0.2, 0) is 28.2 Å². The van der Waals surface area contributed by atoms with Crippen molar-refractivity contribution < 1.29 is 37.9 Å². The molecule has 9 heteroatoms.